The molecule has 1 N–H and O–H groups in total. The number of nitrogens with zero attached hydrogens (tertiary/aromatic N) is 1. The first-order valence-electron chi connectivity index (χ1n) is 8.88. The summed E-state index contributed by atoms with van der Waals surface area (Å²) < 4.78 is 6.02. The molecule has 0 saturated heterocycles. The minimum Gasteiger partial charge on any atom is -0.476 e. The molecule has 0 saturated carbocycles. The van der Waals surface area contributed by atoms with Crippen molar-refractivity contribution in [1.82, 2.24) is 10.2 Å². The van der Waals surface area contributed by atoms with Crippen LogP contribution >= 0.6 is 11.3 Å². The van der Waals surface area contributed by atoms with Crippen molar-refractivity contribution >= 4 is 17.2 Å². The molecule has 1 amide bonds. The highest BCUT2D eigenvalue weighted by molar-refractivity contribution is 7.07. The molecule has 2 unspecified atom stereocenters. The van der Waals surface area contributed by atoms with Gasteiger partial charge in [-0.15, -0.1) is 0 Å². The number of hydrogen-bond acceptors (Lipinski definition) is 4. The predicted molar refractivity (Wildman–Crippen MR) is 110 cm³/mol. The van der Waals surface area contributed by atoms with Crippen molar-refractivity contribution in [3.8, 4) is 5.75 Å². The normalized spacial score (nSPS) is 13.1. The Labute approximate surface area is 164 Å². The van der Waals surface area contributed by atoms with Crippen LogP contribution in [0.5, 0.6) is 5.75 Å². The largest absolute Gasteiger partial charge is 0.476 e. The van der Waals surface area contributed by atoms with Crippen LogP contribution in [0.25, 0.3) is 0 Å². The number of thiophene rings is 1. The fraction of sp³-hybridized carbons (Fsp3) is 0.227. The summed E-state index contributed by atoms with van der Waals surface area (Å²) in [5.41, 5.74) is 2.03. The van der Waals surface area contributed by atoms with E-state index < -0.39 is 6.10 Å². The quantitative estimate of drug-likeness (QED) is 0.634. The van der Waals surface area contributed by atoms with Gasteiger partial charge in [0.15, 0.2) is 0 Å². The van der Waals surface area contributed by atoms with Crippen molar-refractivity contribution < 1.29 is 9.53 Å². The molecule has 1 heterocycles. The van der Waals surface area contributed by atoms with Crippen LogP contribution in [0.2, 0.25) is 0 Å². The Morgan fingerprint density at radius 2 is 1.67 bits per heavy atom. The fourth-order valence-electron chi connectivity index (χ4n) is 2.89. The Morgan fingerprint density at radius 1 is 1.00 bits per heavy atom. The number of para-hydroxylation sites is 1. The van der Waals surface area contributed by atoms with Crippen LogP contribution in [0.3, 0.4) is 0 Å². The summed E-state index contributed by atoms with van der Waals surface area (Å²) in [5, 5.41) is 7.24. The number of rotatable bonds is 8. The minimum atomic E-state index is -0.695. The van der Waals surface area contributed by atoms with E-state index >= 15 is 0 Å². The fourth-order valence-corrected chi connectivity index (χ4v) is 3.60. The lowest BCUT2D eigenvalue weighted by Gasteiger charge is -2.25. The summed E-state index contributed by atoms with van der Waals surface area (Å²) in [7, 11) is 4.03. The van der Waals surface area contributed by atoms with E-state index in [1.54, 1.807) is 11.3 Å². The van der Waals surface area contributed by atoms with Gasteiger partial charge in [0.1, 0.15) is 5.75 Å². The topological polar surface area (TPSA) is 41.6 Å². The summed E-state index contributed by atoms with van der Waals surface area (Å²) in [6.45, 7) is 0.518. The van der Waals surface area contributed by atoms with E-state index in [1.807, 2.05) is 74.8 Å². The Kier molecular flexibility index (Phi) is 6.63. The number of nitrogens with one attached hydrogen (secondary N) is 1. The van der Waals surface area contributed by atoms with Crippen molar-refractivity contribution in [2.24, 2.45) is 0 Å². The zero-order chi connectivity index (χ0) is 19.1. The van der Waals surface area contributed by atoms with E-state index in [1.165, 1.54) is 5.56 Å². The molecule has 0 fully saturated rings. The third kappa shape index (κ3) is 5.18. The summed E-state index contributed by atoms with van der Waals surface area (Å²) in [6.07, 6.45) is -0.695. The average molecular weight is 381 g/mol. The van der Waals surface area contributed by atoms with Gasteiger partial charge in [0.05, 0.1) is 6.04 Å². The molecular weight excluding hydrogens is 356 g/mol. The Balaban J connectivity index is 1.74. The molecule has 27 heavy (non-hydrogen) atoms. The second kappa shape index (κ2) is 9.35. The molecule has 0 aliphatic rings. The van der Waals surface area contributed by atoms with Gasteiger partial charge in [0, 0.05) is 12.1 Å². The lowest BCUT2D eigenvalue weighted by molar-refractivity contribution is -0.128. The van der Waals surface area contributed by atoms with Crippen molar-refractivity contribution in [1.29, 1.82) is 0 Å². The number of likely N-dealkylation sites (N-methyl/N-ethyl adjacent to an activating group) is 1. The number of carbonyl (C=O) groups excluding carboxylic acids is 1. The molecule has 0 aliphatic heterocycles. The molecule has 140 valence electrons. The van der Waals surface area contributed by atoms with Crippen LogP contribution in [-0.4, -0.2) is 31.4 Å². The first-order chi connectivity index (χ1) is 13.1. The van der Waals surface area contributed by atoms with Crippen molar-refractivity contribution in [2.45, 2.75) is 12.1 Å². The maximum Gasteiger partial charge on any atom is 0.265 e. The summed E-state index contributed by atoms with van der Waals surface area (Å²) >= 11 is 1.66. The van der Waals surface area contributed by atoms with Crippen LogP contribution in [0, 0.1) is 0 Å². The van der Waals surface area contributed by atoms with Gasteiger partial charge in [0.25, 0.3) is 5.91 Å². The summed E-state index contributed by atoms with van der Waals surface area (Å²) in [5.74, 6) is 0.524. The van der Waals surface area contributed by atoms with E-state index in [9.17, 15) is 4.79 Å². The van der Waals surface area contributed by atoms with Gasteiger partial charge in [0.2, 0.25) is 6.10 Å². The molecule has 2 atom stereocenters. The van der Waals surface area contributed by atoms with Crippen LogP contribution < -0.4 is 10.1 Å². The second-order valence-corrected chi connectivity index (χ2v) is 7.28. The maximum absolute atomic E-state index is 13.0. The molecule has 2 aromatic carbocycles. The first kappa shape index (κ1) is 19.1. The highest BCUT2D eigenvalue weighted by atomic mass is 32.1. The van der Waals surface area contributed by atoms with Gasteiger partial charge in [-0.25, -0.2) is 0 Å². The van der Waals surface area contributed by atoms with E-state index in [2.05, 4.69) is 27.0 Å². The molecule has 0 radical (unpaired) electrons. The van der Waals surface area contributed by atoms with Gasteiger partial charge >= 0.3 is 0 Å². The van der Waals surface area contributed by atoms with Gasteiger partial charge < -0.3 is 15.0 Å². The van der Waals surface area contributed by atoms with Crippen molar-refractivity contribution in [3.63, 3.8) is 0 Å². The number of benzene rings is 2. The Hall–Kier alpha value is -2.63. The van der Waals surface area contributed by atoms with E-state index in [0.717, 1.165) is 5.56 Å². The number of hydrogen-bond donors (Lipinski definition) is 1. The van der Waals surface area contributed by atoms with E-state index in [0.29, 0.717) is 12.3 Å². The molecular formula is C22H24N2O2S. The minimum absolute atomic E-state index is 0.119. The second-order valence-electron chi connectivity index (χ2n) is 6.50. The highest BCUT2D eigenvalue weighted by Crippen LogP contribution is 2.23. The van der Waals surface area contributed by atoms with Crippen molar-refractivity contribution in [3.05, 3.63) is 88.6 Å². The Morgan fingerprint density at radius 3 is 2.26 bits per heavy atom. The van der Waals surface area contributed by atoms with Crippen LogP contribution in [-0.2, 0) is 4.79 Å². The lowest BCUT2D eigenvalue weighted by Crippen LogP contribution is -2.38. The van der Waals surface area contributed by atoms with Crippen LogP contribution in [0.4, 0.5) is 0 Å². The van der Waals surface area contributed by atoms with Crippen LogP contribution in [0.1, 0.15) is 23.3 Å². The molecule has 3 rings (SSSR count). The van der Waals surface area contributed by atoms with Gasteiger partial charge in [-0.1, -0.05) is 48.5 Å². The van der Waals surface area contributed by atoms with Gasteiger partial charge in [-0.05, 0) is 48.6 Å². The van der Waals surface area contributed by atoms with Crippen molar-refractivity contribution in [2.75, 3.05) is 20.6 Å². The standard InChI is InChI=1S/C22H24N2O2S/c1-24(2)20(18-13-14-27-16-18)15-23-22(25)21(17-9-5-3-6-10-17)26-19-11-7-4-8-12-19/h3-14,16,20-21H,15H2,1-2H3,(H,23,25). The molecule has 0 spiro atoms. The average Bonchev–Trinajstić information content (AvgIpc) is 3.22. The van der Waals surface area contributed by atoms with Crippen LogP contribution in [0.15, 0.2) is 77.5 Å². The third-order valence-corrected chi connectivity index (χ3v) is 5.06. The predicted octanol–water partition coefficient (Wildman–Crippen LogP) is 4.29. The summed E-state index contributed by atoms with van der Waals surface area (Å²) in [6, 6.07) is 21.2. The molecule has 3 aromatic rings. The smallest absolute Gasteiger partial charge is 0.265 e. The lowest BCUT2D eigenvalue weighted by atomic mass is 10.1. The molecule has 5 heteroatoms. The molecule has 1 aromatic heterocycles. The Bertz CT molecular complexity index is 820. The van der Waals surface area contributed by atoms with Gasteiger partial charge in [-0.3, -0.25) is 4.79 Å². The van der Waals surface area contributed by atoms with E-state index in [4.69, 9.17) is 4.74 Å². The monoisotopic (exact) mass is 380 g/mol. The zero-order valence-electron chi connectivity index (χ0n) is 15.5. The molecule has 4 nitrogen and oxygen atoms in total. The molecule has 0 aliphatic carbocycles. The zero-order valence-corrected chi connectivity index (χ0v) is 16.4. The third-order valence-electron chi connectivity index (χ3n) is 4.36. The highest BCUT2D eigenvalue weighted by Gasteiger charge is 2.24. The maximum atomic E-state index is 13.0. The van der Waals surface area contributed by atoms with Gasteiger partial charge in [-0.2, -0.15) is 11.3 Å². The summed E-state index contributed by atoms with van der Waals surface area (Å²) in [4.78, 5) is 15.1. The number of amides is 1. The number of carbonyl (C=O) groups is 1. The van der Waals surface area contributed by atoms with E-state index in [-0.39, 0.29) is 11.9 Å². The first-order valence-corrected chi connectivity index (χ1v) is 9.82. The molecule has 0 bridgehead atoms. The SMILES string of the molecule is CN(C)C(CNC(=O)C(Oc1ccccc1)c1ccccc1)c1ccsc1. The number of ether oxygens (including phenoxy) is 1.